The molecule has 8 nitrogen and oxygen atoms in total. The van der Waals surface area contributed by atoms with Gasteiger partial charge in [-0.15, -0.1) is 22.7 Å². The van der Waals surface area contributed by atoms with Gasteiger partial charge in [-0.1, -0.05) is 25.1 Å². The Hall–Kier alpha value is -3.24. The summed E-state index contributed by atoms with van der Waals surface area (Å²) in [6.07, 6.45) is -0.0923. The number of nitrogens with zero attached hydrogens (tertiary/aromatic N) is 1. The minimum atomic E-state index is -0.940. The van der Waals surface area contributed by atoms with Crippen molar-refractivity contribution in [3.8, 4) is 0 Å². The lowest BCUT2D eigenvalue weighted by atomic mass is 10.0. The molecule has 0 aliphatic rings. The van der Waals surface area contributed by atoms with Gasteiger partial charge in [-0.2, -0.15) is 0 Å². The van der Waals surface area contributed by atoms with Crippen LogP contribution in [0.25, 0.3) is 0 Å². The average Bonchev–Trinajstić information content (AvgIpc) is 3.44. The Balaban J connectivity index is 1.49. The molecule has 3 aromatic rings. The number of nitrogens with one attached hydrogen (secondary N) is 2. The minimum absolute atomic E-state index is 0.229. The number of carbonyl (C=O) groups excluding carboxylic acids is 2. The van der Waals surface area contributed by atoms with E-state index in [9.17, 15) is 19.5 Å². The predicted octanol–water partition coefficient (Wildman–Crippen LogP) is 4.46. The third kappa shape index (κ3) is 6.37. The fraction of sp³-hybridized carbons (Fsp3) is 0.238. The van der Waals surface area contributed by atoms with E-state index in [0.29, 0.717) is 22.8 Å². The SMILES string of the molecule is CCC(C(=O)O)c1csc(NC(=O)c2ccc(CNC(=O)OCc3cccs3)cc2)n1. The van der Waals surface area contributed by atoms with Gasteiger partial charge in [0, 0.05) is 22.4 Å². The molecule has 2 heterocycles. The van der Waals surface area contributed by atoms with Crippen LogP contribution in [-0.2, 0) is 22.7 Å². The molecule has 0 radical (unpaired) electrons. The number of benzene rings is 1. The quantitative estimate of drug-likeness (QED) is 0.435. The maximum atomic E-state index is 12.4. The molecular weight excluding hydrogens is 438 g/mol. The van der Waals surface area contributed by atoms with Crippen molar-refractivity contribution >= 4 is 45.8 Å². The van der Waals surface area contributed by atoms with E-state index in [1.54, 1.807) is 36.6 Å². The van der Waals surface area contributed by atoms with Crippen LogP contribution in [0, 0.1) is 0 Å². The minimum Gasteiger partial charge on any atom is -0.481 e. The first-order chi connectivity index (χ1) is 15.0. The second-order valence-corrected chi connectivity index (χ2v) is 8.43. The number of carboxylic acid groups (broad SMARTS) is 1. The Kier molecular flexibility index (Phi) is 7.74. The number of hydrogen-bond donors (Lipinski definition) is 3. The molecule has 162 valence electrons. The zero-order valence-corrected chi connectivity index (χ0v) is 18.3. The smallest absolute Gasteiger partial charge is 0.407 e. The van der Waals surface area contributed by atoms with E-state index in [1.165, 1.54) is 22.7 Å². The highest BCUT2D eigenvalue weighted by atomic mass is 32.1. The number of hydrogen-bond acceptors (Lipinski definition) is 7. The van der Waals surface area contributed by atoms with Gasteiger partial charge >= 0.3 is 12.1 Å². The average molecular weight is 460 g/mol. The molecule has 1 unspecified atom stereocenters. The van der Waals surface area contributed by atoms with Gasteiger partial charge in [0.15, 0.2) is 5.13 Å². The standard InChI is InChI=1S/C21H21N3O5S2/c1-2-16(19(26)27)17-12-31-20(23-17)24-18(25)14-7-5-13(6-8-14)10-22-21(28)29-11-15-4-3-9-30-15/h3-9,12,16H,2,10-11H2,1H3,(H,22,28)(H,26,27)(H,23,24,25). The van der Waals surface area contributed by atoms with E-state index >= 15 is 0 Å². The number of anilines is 1. The van der Waals surface area contributed by atoms with E-state index in [-0.39, 0.29) is 19.1 Å². The van der Waals surface area contributed by atoms with Crippen LogP contribution >= 0.6 is 22.7 Å². The molecule has 2 aromatic heterocycles. The van der Waals surface area contributed by atoms with Crippen LogP contribution in [0.2, 0.25) is 0 Å². The zero-order valence-electron chi connectivity index (χ0n) is 16.7. The fourth-order valence-corrected chi connectivity index (χ4v) is 4.09. The number of thiophene rings is 1. The summed E-state index contributed by atoms with van der Waals surface area (Å²) in [6.45, 7) is 2.28. The number of carboxylic acids is 1. The Morgan fingerprint density at radius 1 is 1.16 bits per heavy atom. The van der Waals surface area contributed by atoms with Crippen LogP contribution in [0.15, 0.2) is 47.2 Å². The van der Waals surface area contributed by atoms with Crippen molar-refractivity contribution in [3.63, 3.8) is 0 Å². The number of aliphatic carboxylic acids is 1. The van der Waals surface area contributed by atoms with Crippen molar-refractivity contribution in [2.75, 3.05) is 5.32 Å². The number of carbonyl (C=O) groups is 3. The van der Waals surface area contributed by atoms with Crippen molar-refractivity contribution in [3.05, 3.63) is 68.9 Å². The largest absolute Gasteiger partial charge is 0.481 e. The molecule has 0 saturated carbocycles. The van der Waals surface area contributed by atoms with Crippen molar-refractivity contribution in [2.24, 2.45) is 0 Å². The number of ether oxygens (including phenoxy) is 1. The summed E-state index contributed by atoms with van der Waals surface area (Å²) in [4.78, 5) is 40.6. The summed E-state index contributed by atoms with van der Waals surface area (Å²) < 4.78 is 5.13. The number of aromatic nitrogens is 1. The van der Waals surface area contributed by atoms with Crippen molar-refractivity contribution in [1.82, 2.24) is 10.3 Å². The molecule has 0 saturated heterocycles. The first kappa shape index (κ1) is 22.4. The van der Waals surface area contributed by atoms with Gasteiger partial charge in [0.2, 0.25) is 0 Å². The molecule has 2 amide bonds. The van der Waals surface area contributed by atoms with E-state index in [2.05, 4.69) is 15.6 Å². The molecule has 1 aromatic carbocycles. The Morgan fingerprint density at radius 2 is 1.94 bits per heavy atom. The summed E-state index contributed by atoms with van der Waals surface area (Å²) in [5, 5.41) is 18.5. The topological polar surface area (TPSA) is 118 Å². The predicted molar refractivity (Wildman–Crippen MR) is 119 cm³/mol. The van der Waals surface area contributed by atoms with Crippen LogP contribution in [-0.4, -0.2) is 28.1 Å². The molecule has 3 rings (SSSR count). The van der Waals surface area contributed by atoms with Crippen LogP contribution in [0.3, 0.4) is 0 Å². The summed E-state index contributed by atoms with van der Waals surface area (Å²) in [5.41, 5.74) is 1.67. The van der Waals surface area contributed by atoms with Gasteiger partial charge in [-0.25, -0.2) is 9.78 Å². The molecule has 10 heteroatoms. The number of amides is 2. The van der Waals surface area contributed by atoms with E-state index in [1.807, 2.05) is 17.5 Å². The summed E-state index contributed by atoms with van der Waals surface area (Å²) in [6, 6.07) is 10.5. The maximum Gasteiger partial charge on any atom is 0.407 e. The third-order valence-corrected chi connectivity index (χ3v) is 6.01. The molecule has 0 fully saturated rings. The van der Waals surface area contributed by atoms with Crippen LogP contribution < -0.4 is 10.6 Å². The van der Waals surface area contributed by atoms with Gasteiger partial charge < -0.3 is 15.2 Å². The van der Waals surface area contributed by atoms with Crippen LogP contribution in [0.5, 0.6) is 0 Å². The monoisotopic (exact) mass is 459 g/mol. The molecule has 0 aliphatic carbocycles. The Morgan fingerprint density at radius 3 is 2.58 bits per heavy atom. The second kappa shape index (κ2) is 10.7. The summed E-state index contributed by atoms with van der Waals surface area (Å²) in [5.74, 6) is -1.98. The first-order valence-corrected chi connectivity index (χ1v) is 11.2. The Labute approximate surface area is 186 Å². The number of alkyl carbamates (subject to hydrolysis) is 1. The Bertz CT molecular complexity index is 1030. The van der Waals surface area contributed by atoms with Gasteiger partial charge in [-0.3, -0.25) is 14.9 Å². The molecular formula is C21H21N3O5S2. The normalized spacial score (nSPS) is 11.5. The number of rotatable bonds is 9. The highest BCUT2D eigenvalue weighted by Gasteiger charge is 2.21. The summed E-state index contributed by atoms with van der Waals surface area (Å²) in [7, 11) is 0. The van der Waals surface area contributed by atoms with E-state index in [0.717, 1.165) is 10.4 Å². The zero-order chi connectivity index (χ0) is 22.2. The lowest BCUT2D eigenvalue weighted by Crippen LogP contribution is -2.23. The highest BCUT2D eigenvalue weighted by molar-refractivity contribution is 7.14. The van der Waals surface area contributed by atoms with Crippen LogP contribution in [0.1, 0.15) is 45.8 Å². The number of thiazole rings is 1. The summed E-state index contributed by atoms with van der Waals surface area (Å²) >= 11 is 2.70. The lowest BCUT2D eigenvalue weighted by Gasteiger charge is -2.07. The molecule has 0 aliphatic heterocycles. The molecule has 0 spiro atoms. The fourth-order valence-electron chi connectivity index (χ4n) is 2.71. The van der Waals surface area contributed by atoms with Crippen molar-refractivity contribution in [1.29, 1.82) is 0 Å². The van der Waals surface area contributed by atoms with E-state index < -0.39 is 18.0 Å². The van der Waals surface area contributed by atoms with Crippen LogP contribution in [0.4, 0.5) is 9.93 Å². The second-order valence-electron chi connectivity index (χ2n) is 6.54. The molecule has 31 heavy (non-hydrogen) atoms. The lowest BCUT2D eigenvalue weighted by molar-refractivity contribution is -0.138. The molecule has 3 N–H and O–H groups in total. The van der Waals surface area contributed by atoms with Crippen molar-refractivity contribution < 1.29 is 24.2 Å². The molecule has 1 atom stereocenters. The third-order valence-electron chi connectivity index (χ3n) is 4.38. The highest BCUT2D eigenvalue weighted by Crippen LogP contribution is 2.25. The van der Waals surface area contributed by atoms with Gasteiger partial charge in [0.25, 0.3) is 5.91 Å². The maximum absolute atomic E-state index is 12.4. The molecule has 0 bridgehead atoms. The van der Waals surface area contributed by atoms with Gasteiger partial charge in [0.05, 0.1) is 11.6 Å². The van der Waals surface area contributed by atoms with Gasteiger partial charge in [0.1, 0.15) is 6.61 Å². The van der Waals surface area contributed by atoms with Crippen molar-refractivity contribution in [2.45, 2.75) is 32.4 Å². The first-order valence-electron chi connectivity index (χ1n) is 9.47. The van der Waals surface area contributed by atoms with Gasteiger partial charge in [-0.05, 0) is 35.6 Å². The van der Waals surface area contributed by atoms with E-state index in [4.69, 9.17) is 4.74 Å².